The van der Waals surface area contributed by atoms with Crippen molar-refractivity contribution in [2.45, 2.75) is 57.7 Å². The van der Waals surface area contributed by atoms with Crippen molar-refractivity contribution in [3.05, 3.63) is 29.3 Å². The summed E-state index contributed by atoms with van der Waals surface area (Å²) in [6.07, 6.45) is 0.232. The third-order valence-corrected chi connectivity index (χ3v) is 8.76. The van der Waals surface area contributed by atoms with Gasteiger partial charge in [0.15, 0.2) is 5.60 Å². The summed E-state index contributed by atoms with van der Waals surface area (Å²) in [4.78, 5) is 16.7. The van der Waals surface area contributed by atoms with Gasteiger partial charge in [0.2, 0.25) is 10.0 Å². The van der Waals surface area contributed by atoms with E-state index in [0.29, 0.717) is 25.7 Å². The van der Waals surface area contributed by atoms with Gasteiger partial charge in [0.25, 0.3) is 5.91 Å². The molecule has 1 aromatic rings. The molecule has 0 radical (unpaired) electrons. The van der Waals surface area contributed by atoms with Crippen LogP contribution in [0.2, 0.25) is 0 Å². The Morgan fingerprint density at radius 1 is 1.13 bits per heavy atom. The maximum Gasteiger partial charge on any atom is 0.417 e. The number of carbonyl (C=O) groups excluding carboxylic acids is 1. The van der Waals surface area contributed by atoms with Crippen molar-refractivity contribution in [3.8, 4) is 6.07 Å². The number of hydrogen-bond acceptors (Lipinski definition) is 7. The molecule has 1 aromatic carbocycles. The zero-order valence-electron chi connectivity index (χ0n) is 22.9. The van der Waals surface area contributed by atoms with Crippen molar-refractivity contribution in [2.24, 2.45) is 0 Å². The third kappa shape index (κ3) is 10.3. The summed E-state index contributed by atoms with van der Waals surface area (Å²) in [6.45, 7) is 7.17. The SMILES string of the molecule is CCS(=O)(=O)N1CCN(CCCCCCCN(C)C[C@](C)(O)C(=O)Nc2ccc(C#N)c(C(F)(F)F)c2)CC1. The molecule has 39 heavy (non-hydrogen) atoms. The lowest BCUT2D eigenvalue weighted by molar-refractivity contribution is -0.138. The molecule has 0 spiro atoms. The molecule has 1 saturated heterocycles. The quantitative estimate of drug-likeness (QED) is 0.328. The van der Waals surface area contributed by atoms with E-state index in [1.807, 2.05) is 4.90 Å². The van der Waals surface area contributed by atoms with Gasteiger partial charge in [0, 0.05) is 38.4 Å². The molecular formula is C26H40F3N5O4S. The number of aliphatic hydroxyl groups is 1. The van der Waals surface area contributed by atoms with Crippen molar-refractivity contribution >= 4 is 21.6 Å². The minimum atomic E-state index is -4.75. The number of carbonyl (C=O) groups is 1. The van der Waals surface area contributed by atoms with E-state index in [9.17, 15) is 31.5 Å². The Kier molecular flexibility index (Phi) is 12.2. The van der Waals surface area contributed by atoms with Gasteiger partial charge in [-0.2, -0.15) is 22.7 Å². The van der Waals surface area contributed by atoms with Crippen LogP contribution >= 0.6 is 0 Å². The van der Waals surface area contributed by atoms with Gasteiger partial charge in [-0.25, -0.2) is 8.42 Å². The predicted octanol–water partition coefficient (Wildman–Crippen LogP) is 3.12. The first kappa shape index (κ1) is 33.0. The number of anilines is 1. The topological polar surface area (TPSA) is 117 Å². The first-order chi connectivity index (χ1) is 18.2. The summed E-state index contributed by atoms with van der Waals surface area (Å²) in [6, 6.07) is 4.36. The Bertz CT molecular complexity index is 1100. The number of nitrogens with zero attached hydrogens (tertiary/aromatic N) is 4. The van der Waals surface area contributed by atoms with Crippen molar-refractivity contribution in [1.29, 1.82) is 5.26 Å². The van der Waals surface area contributed by atoms with Crippen LogP contribution in [0.3, 0.4) is 0 Å². The Hall–Kier alpha value is -2.24. The number of sulfonamides is 1. The largest absolute Gasteiger partial charge is 0.417 e. The second kappa shape index (κ2) is 14.4. The van der Waals surface area contributed by atoms with Gasteiger partial charge in [-0.05, 0) is 65.0 Å². The molecule has 0 aliphatic carbocycles. The molecule has 0 bridgehead atoms. The Morgan fingerprint density at radius 2 is 1.74 bits per heavy atom. The van der Waals surface area contributed by atoms with Crippen LogP contribution in [0.4, 0.5) is 18.9 Å². The fourth-order valence-corrected chi connectivity index (χ4v) is 5.64. The average Bonchev–Trinajstić information content (AvgIpc) is 2.87. The number of alkyl halides is 3. The van der Waals surface area contributed by atoms with E-state index in [1.54, 1.807) is 18.3 Å². The summed E-state index contributed by atoms with van der Waals surface area (Å²) in [5, 5.41) is 21.9. The zero-order valence-corrected chi connectivity index (χ0v) is 23.7. The number of piperazine rings is 1. The summed E-state index contributed by atoms with van der Waals surface area (Å²) >= 11 is 0. The van der Waals surface area contributed by atoms with Crippen LogP contribution < -0.4 is 5.32 Å². The third-order valence-electron chi connectivity index (χ3n) is 6.87. The normalized spacial score (nSPS) is 17.1. The Balaban J connectivity index is 1.66. The highest BCUT2D eigenvalue weighted by molar-refractivity contribution is 7.89. The van der Waals surface area contributed by atoms with Crippen LogP contribution in [-0.4, -0.2) is 97.8 Å². The van der Waals surface area contributed by atoms with Gasteiger partial charge in [0.1, 0.15) is 0 Å². The van der Waals surface area contributed by atoms with Crippen LogP contribution in [0.15, 0.2) is 18.2 Å². The highest BCUT2D eigenvalue weighted by atomic mass is 32.2. The minimum Gasteiger partial charge on any atom is -0.379 e. The summed E-state index contributed by atoms with van der Waals surface area (Å²) in [7, 11) is -1.34. The molecule has 1 fully saturated rings. The fourth-order valence-electron chi connectivity index (χ4n) is 4.56. The number of benzene rings is 1. The van der Waals surface area contributed by atoms with Crippen molar-refractivity contribution < 1.29 is 31.5 Å². The summed E-state index contributed by atoms with van der Waals surface area (Å²) in [5.74, 6) is -0.696. The Morgan fingerprint density at radius 3 is 2.33 bits per heavy atom. The predicted molar refractivity (Wildman–Crippen MR) is 143 cm³/mol. The monoisotopic (exact) mass is 575 g/mol. The van der Waals surface area contributed by atoms with Gasteiger partial charge >= 0.3 is 6.18 Å². The summed E-state index contributed by atoms with van der Waals surface area (Å²) in [5.41, 5.74) is -3.68. The van der Waals surface area contributed by atoms with Crippen molar-refractivity contribution in [2.75, 3.05) is 63.9 Å². The Labute approximate surface area is 229 Å². The van der Waals surface area contributed by atoms with Gasteiger partial charge in [0.05, 0.1) is 22.9 Å². The molecule has 0 aromatic heterocycles. The minimum absolute atomic E-state index is 0.000962. The fraction of sp³-hybridized carbons (Fsp3) is 0.692. The van der Waals surface area contributed by atoms with Gasteiger partial charge in [-0.1, -0.05) is 19.3 Å². The van der Waals surface area contributed by atoms with E-state index in [1.165, 1.54) is 19.1 Å². The second-order valence-electron chi connectivity index (χ2n) is 10.2. The number of nitrogens with one attached hydrogen (secondary N) is 1. The maximum absolute atomic E-state index is 13.2. The van der Waals surface area contributed by atoms with E-state index >= 15 is 0 Å². The molecule has 1 aliphatic rings. The maximum atomic E-state index is 13.2. The van der Waals surface area contributed by atoms with E-state index < -0.39 is 38.8 Å². The average molecular weight is 576 g/mol. The number of nitriles is 1. The molecule has 1 heterocycles. The van der Waals surface area contributed by atoms with E-state index in [2.05, 4.69) is 10.2 Å². The van der Waals surface area contributed by atoms with Gasteiger partial charge < -0.3 is 20.2 Å². The molecule has 0 saturated carbocycles. The van der Waals surface area contributed by atoms with Crippen LogP contribution in [0, 0.1) is 11.3 Å². The van der Waals surface area contributed by atoms with Crippen LogP contribution in [0.1, 0.15) is 57.1 Å². The van der Waals surface area contributed by atoms with Gasteiger partial charge in [-0.3, -0.25) is 4.79 Å². The van der Waals surface area contributed by atoms with Gasteiger partial charge in [-0.15, -0.1) is 0 Å². The van der Waals surface area contributed by atoms with Crippen molar-refractivity contribution in [1.82, 2.24) is 14.1 Å². The molecule has 9 nitrogen and oxygen atoms in total. The number of hydrogen-bond donors (Lipinski definition) is 2. The highest BCUT2D eigenvalue weighted by Gasteiger charge is 2.35. The lowest BCUT2D eigenvalue weighted by Crippen LogP contribution is -2.49. The smallest absolute Gasteiger partial charge is 0.379 e. The first-order valence-corrected chi connectivity index (χ1v) is 14.8. The molecule has 1 atom stereocenters. The lowest BCUT2D eigenvalue weighted by Gasteiger charge is -2.33. The lowest BCUT2D eigenvalue weighted by atomic mass is 10.0. The van der Waals surface area contributed by atoms with E-state index in [0.717, 1.165) is 57.8 Å². The van der Waals surface area contributed by atoms with E-state index in [-0.39, 0.29) is 18.0 Å². The molecule has 1 aliphatic heterocycles. The molecule has 0 unspecified atom stereocenters. The first-order valence-electron chi connectivity index (χ1n) is 13.2. The summed E-state index contributed by atoms with van der Waals surface area (Å²) < 4.78 is 65.0. The van der Waals surface area contributed by atoms with E-state index in [4.69, 9.17) is 5.26 Å². The van der Waals surface area contributed by atoms with Crippen LogP contribution in [0.25, 0.3) is 0 Å². The number of halogens is 3. The number of unbranched alkanes of at least 4 members (excludes halogenated alkanes) is 4. The highest BCUT2D eigenvalue weighted by Crippen LogP contribution is 2.33. The molecule has 1 amide bonds. The molecule has 2 N–H and O–H groups in total. The zero-order chi connectivity index (χ0) is 29.3. The van der Waals surface area contributed by atoms with Crippen LogP contribution in [0.5, 0.6) is 0 Å². The second-order valence-corrected chi connectivity index (χ2v) is 12.5. The molecule has 220 valence electrons. The number of rotatable bonds is 14. The standard InChI is InChI=1S/C26H40F3N5O4S/c1-4-39(37,38)34-16-14-33(15-17-34)13-9-7-5-6-8-12-32(3)20-25(2,36)24(35)31-22-11-10-21(19-30)23(18-22)26(27,28)29/h10-11,18,36H,4-9,12-17,20H2,1-3H3,(H,31,35)/t25-/m0/s1. The molecular weight excluding hydrogens is 535 g/mol. The molecule has 2 rings (SSSR count). The van der Waals surface area contributed by atoms with Crippen LogP contribution in [-0.2, 0) is 21.0 Å². The number of amides is 1. The number of likely N-dealkylation sites (N-methyl/N-ethyl adjacent to an activating group) is 1. The molecule has 13 heteroatoms. The van der Waals surface area contributed by atoms with Crippen molar-refractivity contribution in [3.63, 3.8) is 0 Å².